The third-order valence-corrected chi connectivity index (χ3v) is 4.33. The lowest BCUT2D eigenvalue weighted by molar-refractivity contribution is -0.118. The number of hydrogen-bond donors (Lipinski definition) is 2. The molecule has 0 spiro atoms. The fraction of sp³-hybridized carbons (Fsp3) is 0.133. The summed E-state index contributed by atoms with van der Waals surface area (Å²) in [5.41, 5.74) is 0.438. The number of sulfonamides is 1. The molecule has 0 saturated carbocycles. The maximum atomic E-state index is 12.7. The Kier molecular flexibility index (Phi) is 5.30. The topological polar surface area (TPSA) is 84.5 Å². The van der Waals surface area contributed by atoms with E-state index in [1.165, 1.54) is 55.6 Å². The molecule has 1 amide bonds. The van der Waals surface area contributed by atoms with E-state index in [4.69, 9.17) is 4.74 Å². The van der Waals surface area contributed by atoms with E-state index in [2.05, 4.69) is 10.0 Å². The van der Waals surface area contributed by atoms with Crippen LogP contribution in [0.3, 0.4) is 0 Å². The van der Waals surface area contributed by atoms with Gasteiger partial charge in [-0.25, -0.2) is 17.5 Å². The second kappa shape index (κ2) is 7.21. The van der Waals surface area contributed by atoms with Crippen molar-refractivity contribution < 1.29 is 22.3 Å². The van der Waals surface area contributed by atoms with Crippen LogP contribution < -0.4 is 14.8 Å². The summed E-state index contributed by atoms with van der Waals surface area (Å²) in [7, 11) is -2.19. The summed E-state index contributed by atoms with van der Waals surface area (Å²) in [5.74, 6) is -0.436. The van der Waals surface area contributed by atoms with Gasteiger partial charge in [0, 0.05) is 5.69 Å². The lowest BCUT2D eigenvalue weighted by Gasteiger charge is -2.08. The van der Waals surface area contributed by atoms with Crippen molar-refractivity contribution >= 4 is 21.6 Å². The second-order valence-electron chi connectivity index (χ2n) is 4.52. The summed E-state index contributed by atoms with van der Waals surface area (Å²) in [6.45, 7) is -0.248. The third kappa shape index (κ3) is 4.76. The first-order chi connectivity index (χ1) is 10.9. The SMILES string of the molecule is CNS(=O)(=O)c1ccc(NC(=O)COc2ccc(F)cc2)cc1. The molecule has 6 nitrogen and oxygen atoms in total. The summed E-state index contributed by atoms with van der Waals surface area (Å²) >= 11 is 0. The van der Waals surface area contributed by atoms with Crippen LogP contribution in [0.25, 0.3) is 0 Å². The average Bonchev–Trinajstić information content (AvgIpc) is 2.55. The molecule has 23 heavy (non-hydrogen) atoms. The molecule has 0 saturated heterocycles. The Hall–Kier alpha value is -2.45. The minimum atomic E-state index is -3.51. The van der Waals surface area contributed by atoms with Crippen LogP contribution in [0.1, 0.15) is 0 Å². The van der Waals surface area contributed by atoms with Gasteiger partial charge in [0.25, 0.3) is 5.91 Å². The Bertz CT molecular complexity index is 774. The van der Waals surface area contributed by atoms with Crippen LogP contribution in [-0.2, 0) is 14.8 Å². The lowest BCUT2D eigenvalue weighted by atomic mass is 10.3. The predicted octanol–water partition coefficient (Wildman–Crippen LogP) is 1.75. The number of ether oxygens (including phenoxy) is 1. The highest BCUT2D eigenvalue weighted by Crippen LogP contribution is 2.14. The Balaban J connectivity index is 1.91. The third-order valence-electron chi connectivity index (χ3n) is 2.90. The molecule has 0 atom stereocenters. The van der Waals surface area contributed by atoms with Crippen LogP contribution in [0.4, 0.5) is 10.1 Å². The highest BCUT2D eigenvalue weighted by atomic mass is 32.2. The molecule has 0 aliphatic rings. The molecule has 8 heteroatoms. The highest BCUT2D eigenvalue weighted by molar-refractivity contribution is 7.89. The molecule has 2 aromatic carbocycles. The summed E-state index contributed by atoms with van der Waals surface area (Å²) in [6, 6.07) is 11.0. The zero-order valence-corrected chi connectivity index (χ0v) is 13.1. The lowest BCUT2D eigenvalue weighted by Crippen LogP contribution is -2.20. The summed E-state index contributed by atoms with van der Waals surface area (Å²) < 4.78 is 43.3. The fourth-order valence-corrected chi connectivity index (χ4v) is 2.44. The number of rotatable bonds is 6. The van der Waals surface area contributed by atoms with Crippen LogP contribution in [0.5, 0.6) is 5.75 Å². The van der Waals surface area contributed by atoms with Gasteiger partial charge in [-0.05, 0) is 55.6 Å². The van der Waals surface area contributed by atoms with Crippen LogP contribution in [0.15, 0.2) is 53.4 Å². The monoisotopic (exact) mass is 338 g/mol. The first-order valence-corrected chi connectivity index (χ1v) is 8.11. The molecule has 0 bridgehead atoms. The zero-order chi connectivity index (χ0) is 16.9. The molecule has 0 fully saturated rings. The quantitative estimate of drug-likeness (QED) is 0.840. The minimum absolute atomic E-state index is 0.0977. The number of carbonyl (C=O) groups excluding carboxylic acids is 1. The second-order valence-corrected chi connectivity index (χ2v) is 6.41. The minimum Gasteiger partial charge on any atom is -0.484 e. The van der Waals surface area contributed by atoms with Gasteiger partial charge < -0.3 is 10.1 Å². The summed E-state index contributed by atoms with van der Waals surface area (Å²) in [4.78, 5) is 11.8. The van der Waals surface area contributed by atoms with Gasteiger partial charge in [0.05, 0.1) is 4.90 Å². The Morgan fingerprint density at radius 1 is 1.09 bits per heavy atom. The maximum absolute atomic E-state index is 12.7. The van der Waals surface area contributed by atoms with E-state index >= 15 is 0 Å². The summed E-state index contributed by atoms with van der Waals surface area (Å²) in [6.07, 6.45) is 0. The van der Waals surface area contributed by atoms with Crippen LogP contribution in [-0.4, -0.2) is 28.0 Å². The van der Waals surface area contributed by atoms with Gasteiger partial charge in [0.1, 0.15) is 11.6 Å². The number of benzene rings is 2. The van der Waals surface area contributed by atoms with Crippen molar-refractivity contribution in [3.05, 3.63) is 54.3 Å². The predicted molar refractivity (Wildman–Crippen MR) is 83.2 cm³/mol. The van der Waals surface area contributed by atoms with Gasteiger partial charge >= 0.3 is 0 Å². The molecule has 0 heterocycles. The van der Waals surface area contributed by atoms with E-state index in [9.17, 15) is 17.6 Å². The van der Waals surface area contributed by atoms with E-state index in [-0.39, 0.29) is 11.5 Å². The number of nitrogens with one attached hydrogen (secondary N) is 2. The number of halogens is 1. The van der Waals surface area contributed by atoms with E-state index in [0.29, 0.717) is 11.4 Å². The van der Waals surface area contributed by atoms with Crippen LogP contribution >= 0.6 is 0 Å². The zero-order valence-electron chi connectivity index (χ0n) is 12.2. The molecule has 0 aromatic heterocycles. The van der Waals surface area contributed by atoms with Crippen molar-refractivity contribution in [2.45, 2.75) is 4.90 Å². The van der Waals surface area contributed by atoms with Gasteiger partial charge in [-0.2, -0.15) is 0 Å². The Morgan fingerprint density at radius 3 is 2.26 bits per heavy atom. The van der Waals surface area contributed by atoms with Crippen molar-refractivity contribution in [1.29, 1.82) is 0 Å². The normalized spacial score (nSPS) is 11.0. The highest BCUT2D eigenvalue weighted by Gasteiger charge is 2.11. The van der Waals surface area contributed by atoms with Crippen molar-refractivity contribution in [2.24, 2.45) is 0 Å². The molecule has 0 aliphatic carbocycles. The van der Waals surface area contributed by atoms with Gasteiger partial charge in [0.15, 0.2) is 6.61 Å². The van der Waals surface area contributed by atoms with Crippen LogP contribution in [0.2, 0.25) is 0 Å². The van der Waals surface area contributed by atoms with Crippen molar-refractivity contribution in [1.82, 2.24) is 4.72 Å². The summed E-state index contributed by atoms with van der Waals surface area (Å²) in [5, 5.41) is 2.57. The van der Waals surface area contributed by atoms with E-state index in [0.717, 1.165) is 0 Å². The molecule has 0 radical (unpaired) electrons. The van der Waals surface area contributed by atoms with Crippen molar-refractivity contribution in [3.63, 3.8) is 0 Å². The molecule has 2 aromatic rings. The largest absolute Gasteiger partial charge is 0.484 e. The smallest absolute Gasteiger partial charge is 0.262 e. The molecular weight excluding hydrogens is 323 g/mol. The Morgan fingerprint density at radius 2 is 1.70 bits per heavy atom. The van der Waals surface area contributed by atoms with Gasteiger partial charge in [-0.3, -0.25) is 4.79 Å². The number of anilines is 1. The molecule has 2 rings (SSSR count). The standard InChI is InChI=1S/C15H15FN2O4S/c1-17-23(20,21)14-8-4-12(5-9-14)18-15(19)10-22-13-6-2-11(16)3-7-13/h2-9,17H,10H2,1H3,(H,18,19). The first-order valence-electron chi connectivity index (χ1n) is 6.62. The van der Waals surface area contributed by atoms with Gasteiger partial charge in [-0.15, -0.1) is 0 Å². The van der Waals surface area contributed by atoms with E-state index in [1.54, 1.807) is 0 Å². The molecule has 122 valence electrons. The van der Waals surface area contributed by atoms with Gasteiger partial charge in [-0.1, -0.05) is 0 Å². The van der Waals surface area contributed by atoms with E-state index in [1.807, 2.05) is 0 Å². The number of carbonyl (C=O) groups is 1. The molecule has 0 aliphatic heterocycles. The molecule has 0 unspecified atom stereocenters. The van der Waals surface area contributed by atoms with Crippen molar-refractivity contribution in [2.75, 3.05) is 19.0 Å². The first kappa shape index (κ1) is 16.9. The average molecular weight is 338 g/mol. The van der Waals surface area contributed by atoms with Crippen molar-refractivity contribution in [3.8, 4) is 5.75 Å². The fourth-order valence-electron chi connectivity index (χ4n) is 1.71. The molecular formula is C15H15FN2O4S. The number of hydrogen-bond acceptors (Lipinski definition) is 4. The van der Waals surface area contributed by atoms with E-state index < -0.39 is 21.7 Å². The number of amides is 1. The van der Waals surface area contributed by atoms with Crippen LogP contribution in [0, 0.1) is 5.82 Å². The Labute approximate surface area is 133 Å². The van der Waals surface area contributed by atoms with Gasteiger partial charge in [0.2, 0.25) is 10.0 Å². The molecule has 2 N–H and O–H groups in total. The maximum Gasteiger partial charge on any atom is 0.262 e.